The minimum atomic E-state index is -1.06. The first-order valence-corrected chi connectivity index (χ1v) is 5.54. The summed E-state index contributed by atoms with van der Waals surface area (Å²) in [6.45, 7) is 4.52. The number of aliphatic hydroxyl groups is 1. The van der Waals surface area contributed by atoms with E-state index in [0.29, 0.717) is 13.0 Å². The van der Waals surface area contributed by atoms with Crippen LogP contribution in [0.15, 0.2) is 30.3 Å². The number of epoxide rings is 1. The summed E-state index contributed by atoms with van der Waals surface area (Å²) in [7, 11) is 0. The van der Waals surface area contributed by atoms with Crippen LogP contribution in [0, 0.1) is 11.8 Å². The van der Waals surface area contributed by atoms with Crippen molar-refractivity contribution in [3.63, 3.8) is 0 Å². The van der Waals surface area contributed by atoms with Gasteiger partial charge in [-0.1, -0.05) is 49.1 Å². The molecule has 1 aromatic rings. The monoisotopic (exact) mass is 216 g/mol. The smallest absolute Gasteiger partial charge is 0.150 e. The van der Waals surface area contributed by atoms with Crippen molar-refractivity contribution in [2.75, 3.05) is 6.61 Å². The van der Waals surface area contributed by atoms with E-state index in [0.717, 1.165) is 5.56 Å². The normalized spacial score (nSPS) is 26.4. The molecule has 0 saturated carbocycles. The predicted molar refractivity (Wildman–Crippen MR) is 62.8 cm³/mol. The lowest BCUT2D eigenvalue weighted by molar-refractivity contribution is 0.0956. The molecular formula is C14H16O2. The predicted octanol–water partition coefficient (Wildman–Crippen LogP) is 2.08. The summed E-state index contributed by atoms with van der Waals surface area (Å²) >= 11 is 0. The van der Waals surface area contributed by atoms with Gasteiger partial charge in [0, 0.05) is 0 Å². The lowest BCUT2D eigenvalue weighted by atomic mass is 9.91. The van der Waals surface area contributed by atoms with E-state index < -0.39 is 5.60 Å². The summed E-state index contributed by atoms with van der Waals surface area (Å²) in [6, 6.07) is 9.54. The van der Waals surface area contributed by atoms with Crippen LogP contribution in [-0.2, 0) is 10.3 Å². The fourth-order valence-electron chi connectivity index (χ4n) is 1.49. The molecule has 2 heteroatoms. The number of benzene rings is 1. The molecule has 0 radical (unpaired) electrons. The molecule has 1 saturated heterocycles. The van der Waals surface area contributed by atoms with Gasteiger partial charge in [0.15, 0.2) is 5.60 Å². The fourth-order valence-corrected chi connectivity index (χ4v) is 1.49. The molecule has 1 heterocycles. The van der Waals surface area contributed by atoms with Crippen LogP contribution in [-0.4, -0.2) is 17.3 Å². The minimum Gasteiger partial charge on any atom is -0.373 e. The zero-order chi connectivity index (χ0) is 11.6. The number of hydrogen-bond donors (Lipinski definition) is 1. The van der Waals surface area contributed by atoms with Crippen LogP contribution in [0.25, 0.3) is 0 Å². The van der Waals surface area contributed by atoms with Gasteiger partial charge in [0.05, 0.1) is 6.61 Å². The third kappa shape index (κ3) is 2.27. The average molecular weight is 216 g/mol. The van der Waals surface area contributed by atoms with Crippen molar-refractivity contribution >= 4 is 0 Å². The van der Waals surface area contributed by atoms with Gasteiger partial charge in [0.1, 0.15) is 5.60 Å². The molecule has 16 heavy (non-hydrogen) atoms. The van der Waals surface area contributed by atoms with Gasteiger partial charge in [0.2, 0.25) is 0 Å². The third-order valence-electron chi connectivity index (χ3n) is 2.87. The van der Waals surface area contributed by atoms with Crippen LogP contribution in [0.2, 0.25) is 0 Å². The highest BCUT2D eigenvalue weighted by molar-refractivity contribution is 5.34. The highest BCUT2D eigenvalue weighted by Gasteiger charge is 2.38. The van der Waals surface area contributed by atoms with Crippen molar-refractivity contribution in [1.29, 1.82) is 0 Å². The summed E-state index contributed by atoms with van der Waals surface area (Å²) in [5.41, 5.74) is -0.553. The number of hydrogen-bond acceptors (Lipinski definition) is 2. The Balaban J connectivity index is 2.28. The van der Waals surface area contributed by atoms with E-state index in [1.165, 1.54) is 0 Å². The molecular weight excluding hydrogens is 200 g/mol. The van der Waals surface area contributed by atoms with E-state index in [-0.39, 0.29) is 5.60 Å². The van der Waals surface area contributed by atoms with E-state index in [4.69, 9.17) is 4.74 Å². The second-order valence-electron chi connectivity index (χ2n) is 4.35. The largest absolute Gasteiger partial charge is 0.373 e. The fraction of sp³-hybridized carbons (Fsp3) is 0.429. The maximum atomic E-state index is 10.5. The number of ether oxygens (including phenoxy) is 1. The maximum absolute atomic E-state index is 10.5. The molecule has 2 atom stereocenters. The molecule has 2 nitrogen and oxygen atoms in total. The molecule has 0 amide bonds. The van der Waals surface area contributed by atoms with Gasteiger partial charge in [-0.15, -0.1) is 0 Å². The Morgan fingerprint density at radius 2 is 2.06 bits per heavy atom. The van der Waals surface area contributed by atoms with Gasteiger partial charge in [-0.25, -0.2) is 0 Å². The quantitative estimate of drug-likeness (QED) is 0.606. The van der Waals surface area contributed by atoms with Crippen LogP contribution in [0.4, 0.5) is 0 Å². The van der Waals surface area contributed by atoms with Gasteiger partial charge in [-0.05, 0) is 18.9 Å². The Kier molecular flexibility index (Phi) is 2.75. The summed E-state index contributed by atoms with van der Waals surface area (Å²) in [5.74, 6) is 5.95. The first kappa shape index (κ1) is 11.2. The summed E-state index contributed by atoms with van der Waals surface area (Å²) < 4.78 is 5.19. The summed E-state index contributed by atoms with van der Waals surface area (Å²) in [4.78, 5) is 0. The van der Waals surface area contributed by atoms with Crippen LogP contribution in [0.3, 0.4) is 0 Å². The van der Waals surface area contributed by atoms with E-state index >= 15 is 0 Å². The van der Waals surface area contributed by atoms with Crippen LogP contribution in [0.5, 0.6) is 0 Å². The van der Waals surface area contributed by atoms with Crippen LogP contribution >= 0.6 is 0 Å². The molecule has 0 spiro atoms. The Morgan fingerprint density at radius 3 is 2.56 bits per heavy atom. The minimum absolute atomic E-state index is 0.335. The molecule has 1 aliphatic rings. The van der Waals surface area contributed by atoms with E-state index in [9.17, 15) is 5.11 Å². The maximum Gasteiger partial charge on any atom is 0.150 e. The summed E-state index contributed by atoms with van der Waals surface area (Å²) in [5, 5.41) is 10.5. The number of rotatable bonds is 2. The van der Waals surface area contributed by atoms with Gasteiger partial charge in [-0.2, -0.15) is 0 Å². The van der Waals surface area contributed by atoms with E-state index in [1.807, 2.05) is 44.2 Å². The van der Waals surface area contributed by atoms with E-state index in [2.05, 4.69) is 11.8 Å². The lowest BCUT2D eigenvalue weighted by Crippen LogP contribution is -2.23. The molecule has 2 rings (SSSR count). The standard InChI is InChI=1S/C14H16O2/c1-3-14(15,10-9-13(2)11-16-13)12-7-5-4-6-8-12/h4-8,15H,3,11H2,1-2H3. The first-order chi connectivity index (χ1) is 7.58. The lowest BCUT2D eigenvalue weighted by Gasteiger charge is -2.20. The first-order valence-electron chi connectivity index (χ1n) is 5.54. The Labute approximate surface area is 96.3 Å². The van der Waals surface area contributed by atoms with Crippen LogP contribution < -0.4 is 0 Å². The van der Waals surface area contributed by atoms with Crippen molar-refractivity contribution in [1.82, 2.24) is 0 Å². The van der Waals surface area contributed by atoms with Gasteiger partial charge < -0.3 is 9.84 Å². The topological polar surface area (TPSA) is 32.8 Å². The van der Waals surface area contributed by atoms with Gasteiger partial charge >= 0.3 is 0 Å². The third-order valence-corrected chi connectivity index (χ3v) is 2.87. The Hall–Kier alpha value is -1.30. The van der Waals surface area contributed by atoms with Crippen molar-refractivity contribution < 1.29 is 9.84 Å². The molecule has 0 bridgehead atoms. The molecule has 1 fully saturated rings. The molecule has 1 N–H and O–H groups in total. The van der Waals surface area contributed by atoms with Crippen molar-refractivity contribution in [3.05, 3.63) is 35.9 Å². The molecule has 0 aromatic heterocycles. The molecule has 2 unspecified atom stereocenters. The molecule has 84 valence electrons. The van der Waals surface area contributed by atoms with Crippen LogP contribution in [0.1, 0.15) is 25.8 Å². The SMILES string of the molecule is CCC(O)(C#CC1(C)CO1)c1ccccc1. The second kappa shape index (κ2) is 3.93. The van der Waals surface area contributed by atoms with Crippen molar-refractivity contribution in [3.8, 4) is 11.8 Å². The molecule has 0 aliphatic carbocycles. The highest BCUT2D eigenvalue weighted by atomic mass is 16.6. The van der Waals surface area contributed by atoms with Gasteiger partial charge in [0.25, 0.3) is 0 Å². The van der Waals surface area contributed by atoms with Crippen molar-refractivity contribution in [2.45, 2.75) is 31.5 Å². The average Bonchev–Trinajstić information content (AvgIpc) is 3.06. The molecule has 1 aromatic carbocycles. The Morgan fingerprint density at radius 1 is 1.44 bits per heavy atom. The second-order valence-corrected chi connectivity index (χ2v) is 4.35. The zero-order valence-corrected chi connectivity index (χ0v) is 9.66. The Bertz CT molecular complexity index is 423. The zero-order valence-electron chi connectivity index (χ0n) is 9.66. The van der Waals surface area contributed by atoms with Crippen molar-refractivity contribution in [2.24, 2.45) is 0 Å². The highest BCUT2D eigenvalue weighted by Crippen LogP contribution is 2.28. The molecule has 1 aliphatic heterocycles. The van der Waals surface area contributed by atoms with Gasteiger partial charge in [-0.3, -0.25) is 0 Å². The van der Waals surface area contributed by atoms with E-state index in [1.54, 1.807) is 0 Å². The summed E-state index contributed by atoms with van der Waals surface area (Å²) in [6.07, 6.45) is 0.570.